The van der Waals surface area contributed by atoms with Crippen molar-refractivity contribution in [2.45, 2.75) is 40.9 Å². The third-order valence-electron chi connectivity index (χ3n) is 3.95. The molecule has 0 bridgehead atoms. The molecule has 0 N–H and O–H groups in total. The van der Waals surface area contributed by atoms with E-state index < -0.39 is 8.53 Å². The molecule has 2 aromatic rings. The van der Waals surface area contributed by atoms with Crippen molar-refractivity contribution < 1.29 is 18.6 Å². The van der Waals surface area contributed by atoms with Gasteiger partial charge in [0.25, 0.3) is 8.53 Å². The van der Waals surface area contributed by atoms with Gasteiger partial charge in [0, 0.05) is 20.0 Å². The van der Waals surface area contributed by atoms with Gasteiger partial charge in [0.1, 0.15) is 5.75 Å². The average Bonchev–Trinajstić information content (AvgIpc) is 2.66. The highest BCUT2D eigenvalue weighted by molar-refractivity contribution is 7.44. The first kappa shape index (κ1) is 21.5. The number of carbonyl (C=O) groups is 1. The van der Waals surface area contributed by atoms with Crippen LogP contribution in [-0.4, -0.2) is 23.7 Å². The molecule has 0 fully saturated rings. The van der Waals surface area contributed by atoms with Crippen molar-refractivity contribution in [3.63, 3.8) is 0 Å². The van der Waals surface area contributed by atoms with Gasteiger partial charge in [-0.2, -0.15) is 0 Å². The van der Waals surface area contributed by atoms with Gasteiger partial charge in [-0.05, 0) is 30.2 Å². The zero-order valence-corrected chi connectivity index (χ0v) is 17.4. The number of carbonyl (C=O) groups excluding carboxylic acids is 1. The van der Waals surface area contributed by atoms with Crippen molar-refractivity contribution in [2.75, 3.05) is 13.1 Å². The van der Waals surface area contributed by atoms with Crippen LogP contribution >= 0.6 is 8.53 Å². The van der Waals surface area contributed by atoms with Gasteiger partial charge in [-0.25, -0.2) is 4.67 Å². The van der Waals surface area contributed by atoms with E-state index >= 15 is 0 Å². The number of rotatable bonds is 10. The molecule has 1 atom stereocenters. The van der Waals surface area contributed by atoms with Gasteiger partial charge >= 0.3 is 5.97 Å². The van der Waals surface area contributed by atoms with E-state index in [0.29, 0.717) is 19.0 Å². The Morgan fingerprint density at radius 2 is 1.37 bits per heavy atom. The fourth-order valence-electron chi connectivity index (χ4n) is 2.42. The topological polar surface area (TPSA) is 48.0 Å². The summed E-state index contributed by atoms with van der Waals surface area (Å²) in [4.78, 5) is 11.0. The number of esters is 1. The second-order valence-corrected chi connectivity index (χ2v) is 7.70. The second kappa shape index (κ2) is 11.2. The molecule has 5 nitrogen and oxygen atoms in total. The number of nitrogens with zero attached hydrogens (tertiary/aromatic N) is 1. The van der Waals surface area contributed by atoms with E-state index in [2.05, 4.69) is 49.7 Å². The minimum Gasteiger partial charge on any atom is -0.427 e. The molecule has 2 aromatic carbocycles. The fraction of sp³-hybridized carbons (Fsp3) is 0.381. The van der Waals surface area contributed by atoms with Gasteiger partial charge in [0.2, 0.25) is 0 Å². The Kier molecular flexibility index (Phi) is 8.89. The van der Waals surface area contributed by atoms with Crippen LogP contribution in [0.2, 0.25) is 0 Å². The molecule has 0 aliphatic rings. The van der Waals surface area contributed by atoms with Crippen LogP contribution in [0.3, 0.4) is 0 Å². The van der Waals surface area contributed by atoms with Crippen LogP contribution in [0.5, 0.6) is 5.75 Å². The van der Waals surface area contributed by atoms with Crippen LogP contribution in [0.25, 0.3) is 0 Å². The lowest BCUT2D eigenvalue weighted by Crippen LogP contribution is -2.19. The highest BCUT2D eigenvalue weighted by Gasteiger charge is 2.19. The van der Waals surface area contributed by atoms with E-state index in [1.165, 1.54) is 12.5 Å². The number of ether oxygens (including phenoxy) is 1. The normalized spacial score (nSPS) is 12.2. The van der Waals surface area contributed by atoms with Crippen molar-refractivity contribution in [2.24, 2.45) is 0 Å². The summed E-state index contributed by atoms with van der Waals surface area (Å²) in [5.74, 6) is 0.210. The van der Waals surface area contributed by atoms with E-state index in [-0.39, 0.29) is 5.97 Å². The molecule has 0 aromatic heterocycles. The first-order valence-electron chi connectivity index (χ1n) is 9.15. The predicted molar refractivity (Wildman–Crippen MR) is 108 cm³/mol. The number of benzene rings is 2. The Balaban J connectivity index is 1.95. The number of hydrogen-bond acceptors (Lipinski definition) is 5. The molecule has 0 aliphatic heterocycles. The smallest absolute Gasteiger partial charge is 0.308 e. The van der Waals surface area contributed by atoms with Gasteiger partial charge < -0.3 is 13.8 Å². The van der Waals surface area contributed by atoms with Gasteiger partial charge in [-0.3, -0.25) is 4.79 Å². The molecular formula is C21H28NO4P. The van der Waals surface area contributed by atoms with Gasteiger partial charge in [-0.15, -0.1) is 0 Å². The Morgan fingerprint density at radius 3 is 1.81 bits per heavy atom. The summed E-state index contributed by atoms with van der Waals surface area (Å²) in [5.41, 5.74) is 3.37. The van der Waals surface area contributed by atoms with Crippen molar-refractivity contribution in [1.29, 1.82) is 0 Å². The van der Waals surface area contributed by atoms with E-state index in [4.69, 9.17) is 13.8 Å². The van der Waals surface area contributed by atoms with Crippen molar-refractivity contribution in [1.82, 2.24) is 4.67 Å². The SMILES string of the molecule is CCN(CC)P(OCc1ccc(C)cc1)OCc1ccc(OC(C)=O)cc1. The minimum atomic E-state index is -1.15. The third kappa shape index (κ3) is 7.39. The quantitative estimate of drug-likeness (QED) is 0.317. The average molecular weight is 389 g/mol. The lowest BCUT2D eigenvalue weighted by atomic mass is 10.2. The molecule has 0 aliphatic carbocycles. The summed E-state index contributed by atoms with van der Waals surface area (Å²) >= 11 is 0. The summed E-state index contributed by atoms with van der Waals surface area (Å²) in [6, 6.07) is 15.7. The first-order chi connectivity index (χ1) is 13.0. The Labute approximate surface area is 163 Å². The summed E-state index contributed by atoms with van der Waals surface area (Å²) in [5, 5.41) is 0. The fourth-order valence-corrected chi connectivity index (χ4v) is 3.80. The van der Waals surface area contributed by atoms with Crippen molar-refractivity contribution >= 4 is 14.5 Å². The molecule has 0 radical (unpaired) electrons. The molecule has 0 spiro atoms. The lowest BCUT2D eigenvalue weighted by Gasteiger charge is -2.27. The maximum absolute atomic E-state index is 11.0. The summed E-state index contributed by atoms with van der Waals surface area (Å²) in [6.07, 6.45) is 0. The van der Waals surface area contributed by atoms with Gasteiger partial charge in [-0.1, -0.05) is 55.8 Å². The maximum Gasteiger partial charge on any atom is 0.308 e. The lowest BCUT2D eigenvalue weighted by molar-refractivity contribution is -0.131. The molecule has 2 rings (SSSR count). The van der Waals surface area contributed by atoms with Crippen LogP contribution in [-0.2, 0) is 27.1 Å². The summed E-state index contributed by atoms with van der Waals surface area (Å²) < 4.78 is 19.5. The van der Waals surface area contributed by atoms with Crippen LogP contribution in [0.1, 0.15) is 37.5 Å². The molecule has 0 saturated heterocycles. The molecule has 146 valence electrons. The van der Waals surface area contributed by atoms with E-state index in [1.807, 2.05) is 12.1 Å². The second-order valence-electron chi connectivity index (χ2n) is 6.15. The Morgan fingerprint density at radius 1 is 0.889 bits per heavy atom. The standard InChI is InChI=1S/C21H28NO4P/c1-5-22(6-2)27(24-15-19-9-7-17(3)8-10-19)25-16-20-11-13-21(14-12-20)26-18(4)23/h7-14H,5-6,15-16H2,1-4H3. The maximum atomic E-state index is 11.0. The summed E-state index contributed by atoms with van der Waals surface area (Å²) in [6.45, 7) is 10.4. The van der Waals surface area contributed by atoms with E-state index in [1.54, 1.807) is 12.1 Å². The minimum absolute atomic E-state index is 0.325. The molecule has 0 heterocycles. The number of hydrogen-bond donors (Lipinski definition) is 0. The van der Waals surface area contributed by atoms with Crippen molar-refractivity contribution in [3.8, 4) is 5.75 Å². The van der Waals surface area contributed by atoms with Crippen LogP contribution in [0.15, 0.2) is 48.5 Å². The molecule has 1 unspecified atom stereocenters. The molecule has 27 heavy (non-hydrogen) atoms. The van der Waals surface area contributed by atoms with E-state index in [0.717, 1.165) is 24.2 Å². The third-order valence-corrected chi connectivity index (χ3v) is 5.68. The molecule has 0 amide bonds. The zero-order chi connectivity index (χ0) is 19.6. The largest absolute Gasteiger partial charge is 0.427 e. The highest BCUT2D eigenvalue weighted by Crippen LogP contribution is 2.44. The van der Waals surface area contributed by atoms with Crippen LogP contribution in [0, 0.1) is 6.92 Å². The highest BCUT2D eigenvalue weighted by atomic mass is 31.2. The van der Waals surface area contributed by atoms with Gasteiger partial charge in [0.15, 0.2) is 0 Å². The molecular weight excluding hydrogens is 361 g/mol. The molecule has 6 heteroatoms. The Bertz CT molecular complexity index is 699. The first-order valence-corrected chi connectivity index (χ1v) is 10.3. The van der Waals surface area contributed by atoms with Crippen molar-refractivity contribution in [3.05, 3.63) is 65.2 Å². The van der Waals surface area contributed by atoms with Crippen LogP contribution < -0.4 is 4.74 Å². The Hall–Kier alpha value is -1.78. The zero-order valence-electron chi connectivity index (χ0n) is 16.5. The van der Waals surface area contributed by atoms with E-state index in [9.17, 15) is 4.79 Å². The monoisotopic (exact) mass is 389 g/mol. The summed E-state index contributed by atoms with van der Waals surface area (Å²) in [7, 11) is -1.15. The predicted octanol–water partition coefficient (Wildman–Crippen LogP) is 5.22. The number of aryl methyl sites for hydroxylation is 1. The van der Waals surface area contributed by atoms with Crippen LogP contribution in [0.4, 0.5) is 0 Å². The molecule has 0 saturated carbocycles. The van der Waals surface area contributed by atoms with Gasteiger partial charge in [0.05, 0.1) is 13.2 Å².